The number of carbonyl (C=O) groups excluding carboxylic acids is 2. The number of carbonyl (C=O) groups is 2. The van der Waals surface area contributed by atoms with Gasteiger partial charge in [-0.25, -0.2) is 0 Å². The Hall–Kier alpha value is -1.06. The first-order valence-corrected chi connectivity index (χ1v) is 6.55. The van der Waals surface area contributed by atoms with Crippen LogP contribution in [0.25, 0.3) is 0 Å². The van der Waals surface area contributed by atoms with Crippen LogP contribution in [-0.2, 0) is 9.59 Å². The second-order valence-electron chi connectivity index (χ2n) is 5.66. The van der Waals surface area contributed by atoms with E-state index in [2.05, 4.69) is 10.6 Å². The zero-order valence-corrected chi connectivity index (χ0v) is 10.7. The lowest BCUT2D eigenvalue weighted by atomic mass is 9.73. The molecule has 3 unspecified atom stereocenters. The van der Waals surface area contributed by atoms with Crippen LogP contribution < -0.4 is 10.6 Å². The van der Waals surface area contributed by atoms with E-state index in [0.717, 1.165) is 12.3 Å². The van der Waals surface area contributed by atoms with Gasteiger partial charge in [0.15, 0.2) is 0 Å². The van der Waals surface area contributed by atoms with Gasteiger partial charge in [0.1, 0.15) is 0 Å². The number of fused-ring (bicyclic) bond motifs is 2. The molecule has 0 spiro atoms. The van der Waals surface area contributed by atoms with Gasteiger partial charge in [-0.05, 0) is 37.5 Å². The largest absolute Gasteiger partial charge is 0.354 e. The Bertz CT molecular complexity index is 329. The fourth-order valence-electron chi connectivity index (χ4n) is 3.58. The minimum atomic E-state index is -0.190. The number of amides is 2. The van der Waals surface area contributed by atoms with Crippen LogP contribution in [0.5, 0.6) is 0 Å². The highest BCUT2D eigenvalue weighted by atomic mass is 16.2. The molecule has 0 heterocycles. The van der Waals surface area contributed by atoms with Crippen LogP contribution in [0, 0.1) is 11.8 Å². The minimum absolute atomic E-state index is 0.0145. The highest BCUT2D eigenvalue weighted by Crippen LogP contribution is 2.47. The van der Waals surface area contributed by atoms with Crippen molar-refractivity contribution in [2.24, 2.45) is 11.8 Å². The average molecular weight is 238 g/mol. The number of nitrogens with one attached hydrogen (secondary N) is 2. The van der Waals surface area contributed by atoms with E-state index in [9.17, 15) is 9.59 Å². The zero-order chi connectivity index (χ0) is 12.5. The van der Waals surface area contributed by atoms with Crippen molar-refractivity contribution in [1.82, 2.24) is 10.6 Å². The summed E-state index contributed by atoms with van der Waals surface area (Å²) in [7, 11) is 0. The van der Waals surface area contributed by atoms with Crippen molar-refractivity contribution in [3.05, 3.63) is 0 Å². The van der Waals surface area contributed by atoms with E-state index >= 15 is 0 Å². The molecule has 3 atom stereocenters. The predicted molar refractivity (Wildman–Crippen MR) is 65.3 cm³/mol. The summed E-state index contributed by atoms with van der Waals surface area (Å²) in [4.78, 5) is 22.5. The maximum atomic E-state index is 11.4. The second-order valence-corrected chi connectivity index (χ2v) is 5.66. The van der Waals surface area contributed by atoms with Crippen LogP contribution in [0.4, 0.5) is 0 Å². The van der Waals surface area contributed by atoms with Crippen molar-refractivity contribution >= 4 is 11.8 Å². The van der Waals surface area contributed by atoms with Crippen molar-refractivity contribution in [3.8, 4) is 0 Å². The summed E-state index contributed by atoms with van der Waals surface area (Å²) in [5.41, 5.74) is -0.190. The highest BCUT2D eigenvalue weighted by molar-refractivity contribution is 5.75. The zero-order valence-electron chi connectivity index (χ0n) is 10.7. The summed E-state index contributed by atoms with van der Waals surface area (Å²) in [5.74, 6) is 1.38. The number of hydrogen-bond acceptors (Lipinski definition) is 2. The summed E-state index contributed by atoms with van der Waals surface area (Å²) in [6.07, 6.45) is 5.86. The molecule has 4 heteroatoms. The van der Waals surface area contributed by atoms with Crippen molar-refractivity contribution in [1.29, 1.82) is 0 Å². The van der Waals surface area contributed by atoms with Crippen LogP contribution in [0.3, 0.4) is 0 Å². The van der Waals surface area contributed by atoms with Crippen molar-refractivity contribution in [3.63, 3.8) is 0 Å². The third kappa shape index (κ3) is 2.61. The first kappa shape index (κ1) is 12.4. The Morgan fingerprint density at radius 3 is 2.59 bits per heavy atom. The maximum Gasteiger partial charge on any atom is 0.217 e. The van der Waals surface area contributed by atoms with Gasteiger partial charge in [-0.15, -0.1) is 0 Å². The van der Waals surface area contributed by atoms with E-state index in [0.29, 0.717) is 12.5 Å². The third-order valence-electron chi connectivity index (χ3n) is 4.40. The summed E-state index contributed by atoms with van der Waals surface area (Å²) in [6.45, 7) is 3.68. The van der Waals surface area contributed by atoms with Gasteiger partial charge in [0.25, 0.3) is 0 Å². The molecule has 2 fully saturated rings. The van der Waals surface area contributed by atoms with Gasteiger partial charge < -0.3 is 10.6 Å². The molecule has 4 nitrogen and oxygen atoms in total. The molecular formula is C13H22N2O2. The molecular weight excluding hydrogens is 216 g/mol. The standard InChI is InChI=1S/C13H22N2O2/c1-9(16)14-8-13(15-10(2)17)6-5-11-3-4-12(13)7-11/h11-12H,3-8H2,1-2H3,(H,14,16)(H,15,17). The molecule has 0 aromatic carbocycles. The molecule has 0 radical (unpaired) electrons. The smallest absolute Gasteiger partial charge is 0.217 e. The fraction of sp³-hybridized carbons (Fsp3) is 0.846. The molecule has 2 bridgehead atoms. The van der Waals surface area contributed by atoms with Crippen molar-refractivity contribution in [2.75, 3.05) is 6.54 Å². The molecule has 2 rings (SSSR count). The Balaban J connectivity index is 2.10. The molecule has 0 aromatic heterocycles. The van der Waals surface area contributed by atoms with Gasteiger partial charge in [-0.1, -0.05) is 6.42 Å². The monoisotopic (exact) mass is 238 g/mol. The molecule has 2 amide bonds. The average Bonchev–Trinajstić information content (AvgIpc) is 2.65. The summed E-state index contributed by atoms with van der Waals surface area (Å²) in [5, 5.41) is 6.02. The summed E-state index contributed by atoms with van der Waals surface area (Å²) >= 11 is 0. The second kappa shape index (κ2) is 4.67. The Morgan fingerprint density at radius 2 is 1.94 bits per heavy atom. The van der Waals surface area contributed by atoms with E-state index in [1.165, 1.54) is 32.6 Å². The molecule has 17 heavy (non-hydrogen) atoms. The Kier molecular flexibility index (Phi) is 3.40. The van der Waals surface area contributed by atoms with Crippen LogP contribution in [0.1, 0.15) is 46.0 Å². The molecule has 0 aliphatic heterocycles. The van der Waals surface area contributed by atoms with Crippen LogP contribution in [0.15, 0.2) is 0 Å². The lowest BCUT2D eigenvalue weighted by Crippen LogP contribution is -2.60. The van der Waals surface area contributed by atoms with Gasteiger partial charge in [0.05, 0.1) is 5.54 Å². The van der Waals surface area contributed by atoms with E-state index in [1.807, 2.05) is 0 Å². The van der Waals surface area contributed by atoms with Gasteiger partial charge in [-0.2, -0.15) is 0 Å². The highest BCUT2D eigenvalue weighted by Gasteiger charge is 2.47. The van der Waals surface area contributed by atoms with Gasteiger partial charge in [-0.3, -0.25) is 9.59 Å². The van der Waals surface area contributed by atoms with Crippen molar-refractivity contribution < 1.29 is 9.59 Å². The quantitative estimate of drug-likeness (QED) is 0.776. The number of hydrogen-bond donors (Lipinski definition) is 2. The van der Waals surface area contributed by atoms with E-state index in [1.54, 1.807) is 6.92 Å². The van der Waals surface area contributed by atoms with Gasteiger partial charge >= 0.3 is 0 Å². The predicted octanol–water partition coefficient (Wildman–Crippen LogP) is 1.21. The molecule has 96 valence electrons. The SMILES string of the molecule is CC(=O)NCC1(NC(C)=O)CCC2CCC1C2. The van der Waals surface area contributed by atoms with Crippen LogP contribution in [-0.4, -0.2) is 23.9 Å². The normalized spacial score (nSPS) is 35.4. The van der Waals surface area contributed by atoms with Gasteiger partial charge in [0, 0.05) is 20.4 Å². The van der Waals surface area contributed by atoms with Crippen LogP contribution >= 0.6 is 0 Å². The first-order valence-electron chi connectivity index (χ1n) is 6.55. The summed E-state index contributed by atoms with van der Waals surface area (Å²) in [6, 6.07) is 0. The Morgan fingerprint density at radius 1 is 1.18 bits per heavy atom. The minimum Gasteiger partial charge on any atom is -0.354 e. The molecule has 2 aliphatic rings. The number of rotatable bonds is 3. The molecule has 0 saturated heterocycles. The lowest BCUT2D eigenvalue weighted by Gasteiger charge is -2.43. The Labute approximate surface area is 103 Å². The molecule has 2 N–H and O–H groups in total. The maximum absolute atomic E-state index is 11.4. The third-order valence-corrected chi connectivity index (χ3v) is 4.40. The molecule has 2 saturated carbocycles. The molecule has 2 aliphatic carbocycles. The topological polar surface area (TPSA) is 58.2 Å². The van der Waals surface area contributed by atoms with E-state index < -0.39 is 0 Å². The lowest BCUT2D eigenvalue weighted by molar-refractivity contribution is -0.124. The fourth-order valence-corrected chi connectivity index (χ4v) is 3.58. The van der Waals surface area contributed by atoms with E-state index in [-0.39, 0.29) is 17.4 Å². The summed E-state index contributed by atoms with van der Waals surface area (Å²) < 4.78 is 0. The van der Waals surface area contributed by atoms with Crippen LogP contribution in [0.2, 0.25) is 0 Å². The van der Waals surface area contributed by atoms with Gasteiger partial charge in [0.2, 0.25) is 11.8 Å². The van der Waals surface area contributed by atoms with Crippen molar-refractivity contribution in [2.45, 2.75) is 51.5 Å². The first-order chi connectivity index (χ1) is 8.02. The van der Waals surface area contributed by atoms with E-state index in [4.69, 9.17) is 0 Å². The molecule has 0 aromatic rings.